The standard InChI is InChI=1S/C12H16N4/c13-8-11-3-4-12(9-16-11)15-7-5-10-2-1-6-14-10/h3-4,9-10,14-15H,1-2,5-7H2. The number of nitrogens with zero attached hydrogens (tertiary/aromatic N) is 2. The van der Waals surface area contributed by atoms with Crippen molar-refractivity contribution >= 4 is 5.69 Å². The van der Waals surface area contributed by atoms with E-state index >= 15 is 0 Å². The molecule has 4 nitrogen and oxygen atoms in total. The predicted molar refractivity (Wildman–Crippen MR) is 63.1 cm³/mol. The zero-order valence-electron chi connectivity index (χ0n) is 9.24. The Morgan fingerprint density at radius 1 is 1.56 bits per heavy atom. The van der Waals surface area contributed by atoms with Gasteiger partial charge < -0.3 is 10.6 Å². The van der Waals surface area contributed by atoms with E-state index in [2.05, 4.69) is 15.6 Å². The minimum atomic E-state index is 0.461. The molecule has 2 heterocycles. The Bertz CT molecular complexity index is 360. The van der Waals surface area contributed by atoms with Crippen LogP contribution in [0.1, 0.15) is 25.0 Å². The van der Waals surface area contributed by atoms with Crippen molar-refractivity contribution in [3.63, 3.8) is 0 Å². The van der Waals surface area contributed by atoms with Gasteiger partial charge in [0.05, 0.1) is 11.9 Å². The molecule has 2 N–H and O–H groups in total. The number of nitrogens with one attached hydrogen (secondary N) is 2. The minimum Gasteiger partial charge on any atom is -0.384 e. The van der Waals surface area contributed by atoms with Gasteiger partial charge >= 0.3 is 0 Å². The summed E-state index contributed by atoms with van der Waals surface area (Å²) >= 11 is 0. The average Bonchev–Trinajstić information content (AvgIpc) is 2.83. The van der Waals surface area contributed by atoms with Crippen LogP contribution in [0.3, 0.4) is 0 Å². The zero-order valence-corrected chi connectivity index (χ0v) is 9.24. The molecule has 2 rings (SSSR count). The third-order valence-corrected chi connectivity index (χ3v) is 2.86. The lowest BCUT2D eigenvalue weighted by atomic mass is 10.1. The van der Waals surface area contributed by atoms with E-state index in [1.807, 2.05) is 12.1 Å². The van der Waals surface area contributed by atoms with Crippen molar-refractivity contribution in [1.82, 2.24) is 10.3 Å². The summed E-state index contributed by atoms with van der Waals surface area (Å²) in [6.45, 7) is 2.11. The van der Waals surface area contributed by atoms with E-state index in [1.165, 1.54) is 12.8 Å². The monoisotopic (exact) mass is 216 g/mol. The molecule has 16 heavy (non-hydrogen) atoms. The van der Waals surface area contributed by atoms with Gasteiger partial charge in [-0.25, -0.2) is 4.98 Å². The van der Waals surface area contributed by atoms with E-state index in [0.717, 1.165) is 25.2 Å². The third kappa shape index (κ3) is 2.94. The average molecular weight is 216 g/mol. The number of pyridine rings is 1. The van der Waals surface area contributed by atoms with Gasteiger partial charge in [-0.05, 0) is 37.9 Å². The van der Waals surface area contributed by atoms with Crippen molar-refractivity contribution in [2.45, 2.75) is 25.3 Å². The van der Waals surface area contributed by atoms with Gasteiger partial charge in [-0.15, -0.1) is 0 Å². The molecule has 0 spiro atoms. The van der Waals surface area contributed by atoms with E-state index < -0.39 is 0 Å². The number of aromatic nitrogens is 1. The summed E-state index contributed by atoms with van der Waals surface area (Å²) in [5.41, 5.74) is 1.44. The molecule has 0 bridgehead atoms. The molecule has 0 aromatic carbocycles. The quantitative estimate of drug-likeness (QED) is 0.801. The Morgan fingerprint density at radius 2 is 2.50 bits per heavy atom. The second kappa shape index (κ2) is 5.47. The third-order valence-electron chi connectivity index (χ3n) is 2.86. The molecule has 84 valence electrons. The summed E-state index contributed by atoms with van der Waals surface area (Å²) < 4.78 is 0. The molecule has 0 aliphatic carbocycles. The highest BCUT2D eigenvalue weighted by atomic mass is 15.0. The van der Waals surface area contributed by atoms with Crippen molar-refractivity contribution in [3.05, 3.63) is 24.0 Å². The smallest absolute Gasteiger partial charge is 0.140 e. The lowest BCUT2D eigenvalue weighted by molar-refractivity contribution is 0.574. The van der Waals surface area contributed by atoms with Crippen molar-refractivity contribution in [2.24, 2.45) is 0 Å². The van der Waals surface area contributed by atoms with Gasteiger partial charge in [0.1, 0.15) is 11.8 Å². The van der Waals surface area contributed by atoms with Gasteiger partial charge in [-0.3, -0.25) is 0 Å². The fraction of sp³-hybridized carbons (Fsp3) is 0.500. The summed E-state index contributed by atoms with van der Waals surface area (Å²) in [4.78, 5) is 4.01. The van der Waals surface area contributed by atoms with E-state index in [0.29, 0.717) is 11.7 Å². The van der Waals surface area contributed by atoms with Gasteiger partial charge in [0, 0.05) is 12.6 Å². The number of hydrogen-bond acceptors (Lipinski definition) is 4. The maximum absolute atomic E-state index is 8.61. The molecule has 1 aliphatic heterocycles. The maximum atomic E-state index is 8.61. The van der Waals surface area contributed by atoms with E-state index in [9.17, 15) is 0 Å². The van der Waals surface area contributed by atoms with Gasteiger partial charge in [0.15, 0.2) is 0 Å². The van der Waals surface area contributed by atoms with E-state index in [-0.39, 0.29) is 0 Å². The predicted octanol–water partition coefficient (Wildman–Crippen LogP) is 1.51. The van der Waals surface area contributed by atoms with Crippen molar-refractivity contribution in [1.29, 1.82) is 5.26 Å². The SMILES string of the molecule is N#Cc1ccc(NCCC2CCCN2)cn1. The van der Waals surface area contributed by atoms with Gasteiger partial charge in [0.25, 0.3) is 0 Å². The Balaban J connectivity index is 1.74. The largest absolute Gasteiger partial charge is 0.384 e. The number of hydrogen-bond donors (Lipinski definition) is 2. The fourth-order valence-electron chi connectivity index (χ4n) is 1.96. The lowest BCUT2D eigenvalue weighted by Gasteiger charge is -2.11. The first-order valence-electron chi connectivity index (χ1n) is 5.72. The van der Waals surface area contributed by atoms with Crippen LogP contribution in [-0.2, 0) is 0 Å². The second-order valence-corrected chi connectivity index (χ2v) is 4.05. The Kier molecular flexibility index (Phi) is 3.73. The molecule has 1 aromatic rings. The molecule has 1 aliphatic rings. The molecule has 1 atom stereocenters. The van der Waals surface area contributed by atoms with Crippen LogP contribution in [-0.4, -0.2) is 24.1 Å². The van der Waals surface area contributed by atoms with Crippen LogP contribution in [0.2, 0.25) is 0 Å². The molecule has 1 fully saturated rings. The first-order valence-corrected chi connectivity index (χ1v) is 5.72. The summed E-state index contributed by atoms with van der Waals surface area (Å²) in [6, 6.07) is 6.30. The van der Waals surface area contributed by atoms with Gasteiger partial charge in [-0.2, -0.15) is 5.26 Å². The fourth-order valence-corrected chi connectivity index (χ4v) is 1.96. The molecule has 1 unspecified atom stereocenters. The molecule has 1 saturated heterocycles. The maximum Gasteiger partial charge on any atom is 0.140 e. The summed E-state index contributed by atoms with van der Waals surface area (Å²) in [6.07, 6.45) is 5.43. The Labute approximate surface area is 95.7 Å². The van der Waals surface area contributed by atoms with Crippen LogP contribution < -0.4 is 10.6 Å². The van der Waals surface area contributed by atoms with E-state index in [4.69, 9.17) is 5.26 Å². The highest BCUT2D eigenvalue weighted by molar-refractivity contribution is 5.42. The molecule has 4 heteroatoms. The van der Waals surface area contributed by atoms with Crippen LogP contribution >= 0.6 is 0 Å². The van der Waals surface area contributed by atoms with E-state index in [1.54, 1.807) is 12.3 Å². The first-order chi connectivity index (χ1) is 7.88. The van der Waals surface area contributed by atoms with Crippen LogP contribution in [0.5, 0.6) is 0 Å². The molecule has 0 amide bonds. The van der Waals surface area contributed by atoms with Crippen LogP contribution in [0, 0.1) is 11.3 Å². The normalized spacial score (nSPS) is 19.3. The molecular weight excluding hydrogens is 200 g/mol. The summed E-state index contributed by atoms with van der Waals surface area (Å²) in [7, 11) is 0. The minimum absolute atomic E-state index is 0.461. The molecule has 0 saturated carbocycles. The topological polar surface area (TPSA) is 60.7 Å². The highest BCUT2D eigenvalue weighted by Gasteiger charge is 2.12. The zero-order chi connectivity index (χ0) is 11.2. The second-order valence-electron chi connectivity index (χ2n) is 4.05. The summed E-state index contributed by atoms with van der Waals surface area (Å²) in [5, 5.41) is 15.4. The van der Waals surface area contributed by atoms with Gasteiger partial charge in [0.2, 0.25) is 0 Å². The summed E-state index contributed by atoms with van der Waals surface area (Å²) in [5.74, 6) is 0. The van der Waals surface area contributed by atoms with Crippen molar-refractivity contribution in [3.8, 4) is 6.07 Å². The van der Waals surface area contributed by atoms with Crippen LogP contribution in [0.4, 0.5) is 5.69 Å². The number of nitriles is 1. The molecule has 1 aromatic heterocycles. The highest BCUT2D eigenvalue weighted by Crippen LogP contribution is 2.10. The molecule has 0 radical (unpaired) electrons. The van der Waals surface area contributed by atoms with Crippen molar-refractivity contribution in [2.75, 3.05) is 18.4 Å². The van der Waals surface area contributed by atoms with Crippen LogP contribution in [0.25, 0.3) is 0 Å². The van der Waals surface area contributed by atoms with Crippen LogP contribution in [0.15, 0.2) is 18.3 Å². The first kappa shape index (κ1) is 10.9. The number of anilines is 1. The molecular formula is C12H16N4. The Hall–Kier alpha value is -1.60. The van der Waals surface area contributed by atoms with Crippen molar-refractivity contribution < 1.29 is 0 Å². The Morgan fingerprint density at radius 3 is 3.12 bits per heavy atom. The lowest BCUT2D eigenvalue weighted by Crippen LogP contribution is -2.24. The number of rotatable bonds is 4. The van der Waals surface area contributed by atoms with Gasteiger partial charge in [-0.1, -0.05) is 0 Å².